The smallest absolute Gasteiger partial charge is 0.154 e. The highest BCUT2D eigenvalue weighted by Gasteiger charge is 2.24. The average Bonchev–Trinajstić information content (AvgIpc) is 2.12. The van der Waals surface area contributed by atoms with Crippen molar-refractivity contribution in [1.82, 2.24) is 5.32 Å². The maximum absolute atomic E-state index is 11.8. The Kier molecular flexibility index (Phi) is 5.67. The van der Waals surface area contributed by atoms with Crippen LogP contribution in [0.1, 0.15) is 34.1 Å². The van der Waals surface area contributed by atoms with Gasteiger partial charge in [0, 0.05) is 6.04 Å². The van der Waals surface area contributed by atoms with Crippen molar-refractivity contribution in [2.45, 2.75) is 45.4 Å². The predicted molar refractivity (Wildman–Crippen MR) is 61.2 cm³/mol. The van der Waals surface area contributed by atoms with Crippen molar-refractivity contribution in [3.05, 3.63) is 0 Å². The maximum Gasteiger partial charge on any atom is 0.154 e. The highest BCUT2D eigenvalue weighted by Crippen LogP contribution is 2.11. The van der Waals surface area contributed by atoms with Crippen LogP contribution in [0.15, 0.2) is 0 Å². The SMILES string of the molecule is CCC(C)S(=O)(=O)CC(NC)C(C)C. The molecule has 1 N–H and O–H groups in total. The highest BCUT2D eigenvalue weighted by molar-refractivity contribution is 7.92. The van der Waals surface area contributed by atoms with E-state index in [9.17, 15) is 8.42 Å². The first-order chi connectivity index (χ1) is 6.35. The molecule has 14 heavy (non-hydrogen) atoms. The van der Waals surface area contributed by atoms with Crippen LogP contribution >= 0.6 is 0 Å². The summed E-state index contributed by atoms with van der Waals surface area (Å²) in [5, 5.41) is 2.83. The predicted octanol–water partition coefficient (Wildman–Crippen LogP) is 1.44. The number of sulfone groups is 1. The lowest BCUT2D eigenvalue weighted by atomic mass is 10.1. The molecule has 2 atom stereocenters. The van der Waals surface area contributed by atoms with E-state index in [4.69, 9.17) is 0 Å². The number of hydrogen-bond acceptors (Lipinski definition) is 3. The van der Waals surface area contributed by atoms with E-state index in [2.05, 4.69) is 5.32 Å². The van der Waals surface area contributed by atoms with E-state index >= 15 is 0 Å². The maximum atomic E-state index is 11.8. The molecule has 0 saturated carbocycles. The van der Waals surface area contributed by atoms with Gasteiger partial charge in [0.2, 0.25) is 0 Å². The van der Waals surface area contributed by atoms with Gasteiger partial charge in [0.1, 0.15) is 0 Å². The summed E-state index contributed by atoms with van der Waals surface area (Å²) in [6.45, 7) is 7.76. The Morgan fingerprint density at radius 3 is 2.00 bits per heavy atom. The summed E-state index contributed by atoms with van der Waals surface area (Å²) in [5.74, 6) is 0.592. The Bertz CT molecular complexity index is 247. The molecule has 0 heterocycles. The zero-order chi connectivity index (χ0) is 11.4. The zero-order valence-electron chi connectivity index (χ0n) is 9.87. The second-order valence-corrected chi connectivity index (χ2v) is 6.65. The summed E-state index contributed by atoms with van der Waals surface area (Å²) in [7, 11) is -1.11. The van der Waals surface area contributed by atoms with E-state index in [1.165, 1.54) is 0 Å². The lowest BCUT2D eigenvalue weighted by molar-refractivity contribution is 0.453. The third kappa shape index (κ3) is 3.96. The summed E-state index contributed by atoms with van der Waals surface area (Å²) >= 11 is 0. The minimum absolute atomic E-state index is 0.0639. The largest absolute Gasteiger partial charge is 0.316 e. The van der Waals surface area contributed by atoms with Gasteiger partial charge in [0.15, 0.2) is 9.84 Å². The Morgan fingerprint density at radius 2 is 1.71 bits per heavy atom. The summed E-state index contributed by atoms with van der Waals surface area (Å²) < 4.78 is 23.6. The quantitative estimate of drug-likeness (QED) is 0.738. The normalized spacial score (nSPS) is 17.0. The molecule has 0 rings (SSSR count). The van der Waals surface area contributed by atoms with Gasteiger partial charge >= 0.3 is 0 Å². The van der Waals surface area contributed by atoms with Gasteiger partial charge in [0.05, 0.1) is 11.0 Å². The first kappa shape index (κ1) is 13.9. The molecule has 0 amide bonds. The fraction of sp³-hybridized carbons (Fsp3) is 1.00. The molecule has 2 unspecified atom stereocenters. The third-order valence-corrected chi connectivity index (χ3v) is 5.16. The number of rotatable bonds is 6. The molecule has 0 bridgehead atoms. The van der Waals surface area contributed by atoms with Gasteiger partial charge < -0.3 is 5.32 Å². The van der Waals surface area contributed by atoms with Gasteiger partial charge in [-0.2, -0.15) is 0 Å². The molecule has 0 aliphatic heterocycles. The zero-order valence-corrected chi connectivity index (χ0v) is 10.7. The van der Waals surface area contributed by atoms with E-state index in [-0.39, 0.29) is 17.0 Å². The Balaban J connectivity index is 4.48. The summed E-state index contributed by atoms with van der Waals surface area (Å²) in [6, 6.07) is 0.0639. The molecule has 0 fully saturated rings. The van der Waals surface area contributed by atoms with Crippen molar-refractivity contribution >= 4 is 9.84 Å². The molecule has 0 aliphatic carbocycles. The molecule has 4 heteroatoms. The fourth-order valence-electron chi connectivity index (χ4n) is 1.28. The van der Waals surface area contributed by atoms with Crippen LogP contribution in [0.5, 0.6) is 0 Å². The fourth-order valence-corrected chi connectivity index (χ4v) is 3.17. The molecule has 0 aromatic carbocycles. The molecule has 0 radical (unpaired) electrons. The Labute approximate surface area is 88.2 Å². The molecule has 0 aromatic heterocycles. The second-order valence-electron chi connectivity index (χ2n) is 4.19. The molecule has 0 spiro atoms. The lowest BCUT2D eigenvalue weighted by Crippen LogP contribution is -2.39. The van der Waals surface area contributed by atoms with E-state index in [0.717, 1.165) is 0 Å². The van der Waals surface area contributed by atoms with Crippen LogP contribution in [0, 0.1) is 5.92 Å². The summed E-state index contributed by atoms with van der Waals surface area (Å²) in [4.78, 5) is 0. The monoisotopic (exact) mass is 221 g/mol. The van der Waals surface area contributed by atoms with Crippen molar-refractivity contribution in [2.75, 3.05) is 12.8 Å². The van der Waals surface area contributed by atoms with E-state index < -0.39 is 9.84 Å². The van der Waals surface area contributed by atoms with Gasteiger partial charge in [-0.05, 0) is 26.3 Å². The van der Waals surface area contributed by atoms with Gasteiger partial charge in [0.25, 0.3) is 0 Å². The van der Waals surface area contributed by atoms with Crippen molar-refractivity contribution in [3.8, 4) is 0 Å². The first-order valence-corrected chi connectivity index (χ1v) is 6.95. The van der Waals surface area contributed by atoms with Gasteiger partial charge in [-0.3, -0.25) is 0 Å². The minimum Gasteiger partial charge on any atom is -0.316 e. The summed E-state index contributed by atoms with van der Waals surface area (Å²) in [6.07, 6.45) is 0.691. The molecular weight excluding hydrogens is 198 g/mol. The van der Waals surface area contributed by atoms with Crippen molar-refractivity contribution in [2.24, 2.45) is 5.92 Å². The molecule has 0 aliphatic rings. The molecule has 0 saturated heterocycles. The van der Waals surface area contributed by atoms with Crippen LogP contribution < -0.4 is 5.32 Å². The van der Waals surface area contributed by atoms with Crippen LogP contribution in [0.25, 0.3) is 0 Å². The minimum atomic E-state index is -2.93. The van der Waals surface area contributed by atoms with Crippen molar-refractivity contribution in [1.29, 1.82) is 0 Å². The number of nitrogens with one attached hydrogen (secondary N) is 1. The first-order valence-electron chi connectivity index (χ1n) is 5.24. The van der Waals surface area contributed by atoms with Crippen molar-refractivity contribution < 1.29 is 8.42 Å². The van der Waals surface area contributed by atoms with Crippen molar-refractivity contribution in [3.63, 3.8) is 0 Å². The van der Waals surface area contributed by atoms with Crippen LogP contribution in [0.2, 0.25) is 0 Å². The topological polar surface area (TPSA) is 46.2 Å². The highest BCUT2D eigenvalue weighted by atomic mass is 32.2. The van der Waals surface area contributed by atoms with Crippen LogP contribution in [-0.2, 0) is 9.84 Å². The molecular formula is C10H23NO2S. The Hall–Kier alpha value is -0.0900. The Morgan fingerprint density at radius 1 is 1.21 bits per heavy atom. The number of hydrogen-bond donors (Lipinski definition) is 1. The standard InChI is InChI=1S/C10H23NO2S/c1-6-9(4)14(12,13)7-10(11-5)8(2)3/h8-11H,6-7H2,1-5H3. The van der Waals surface area contributed by atoms with Crippen LogP contribution in [0.3, 0.4) is 0 Å². The van der Waals surface area contributed by atoms with Gasteiger partial charge in [-0.25, -0.2) is 8.42 Å². The van der Waals surface area contributed by atoms with E-state index in [1.54, 1.807) is 6.92 Å². The third-order valence-electron chi connectivity index (χ3n) is 2.78. The van der Waals surface area contributed by atoms with Crippen LogP contribution in [0.4, 0.5) is 0 Å². The van der Waals surface area contributed by atoms with Crippen LogP contribution in [-0.4, -0.2) is 32.5 Å². The molecule has 3 nitrogen and oxygen atoms in total. The van der Waals surface area contributed by atoms with E-state index in [0.29, 0.717) is 12.3 Å². The summed E-state index contributed by atoms with van der Waals surface area (Å²) in [5.41, 5.74) is 0. The molecule has 86 valence electrons. The van der Waals surface area contributed by atoms with Gasteiger partial charge in [-0.1, -0.05) is 20.8 Å². The lowest BCUT2D eigenvalue weighted by Gasteiger charge is -2.21. The molecule has 0 aromatic rings. The average molecular weight is 221 g/mol. The van der Waals surface area contributed by atoms with E-state index in [1.807, 2.05) is 27.8 Å². The second kappa shape index (κ2) is 5.71. The van der Waals surface area contributed by atoms with Gasteiger partial charge in [-0.15, -0.1) is 0 Å².